The van der Waals surface area contributed by atoms with E-state index in [9.17, 15) is 4.79 Å². The average molecular weight is 280 g/mol. The summed E-state index contributed by atoms with van der Waals surface area (Å²) < 4.78 is 0. The standard InChI is InChI=1S/C13H14ClN3O2/c1-8(18)7-15-13(19)12-6-11(16-17-12)9-4-2-3-5-10(9)14/h2-6,8,18H,7H2,1H3,(H,15,19)(H,16,17). The van der Waals surface area contributed by atoms with Crippen LogP contribution < -0.4 is 5.32 Å². The zero-order valence-corrected chi connectivity index (χ0v) is 11.1. The van der Waals surface area contributed by atoms with Crippen LogP contribution in [-0.2, 0) is 0 Å². The second kappa shape index (κ2) is 5.86. The molecule has 6 heteroatoms. The van der Waals surface area contributed by atoms with E-state index in [2.05, 4.69) is 15.5 Å². The van der Waals surface area contributed by atoms with E-state index in [1.807, 2.05) is 18.2 Å². The highest BCUT2D eigenvalue weighted by Gasteiger charge is 2.12. The van der Waals surface area contributed by atoms with Crippen molar-refractivity contribution in [3.63, 3.8) is 0 Å². The van der Waals surface area contributed by atoms with Crippen LogP contribution in [0.5, 0.6) is 0 Å². The zero-order valence-electron chi connectivity index (χ0n) is 10.4. The molecular formula is C13H14ClN3O2. The number of H-pyrrole nitrogens is 1. The number of halogens is 1. The molecule has 1 aromatic carbocycles. The van der Waals surface area contributed by atoms with Crippen LogP contribution in [0, 0.1) is 0 Å². The molecule has 1 atom stereocenters. The van der Waals surface area contributed by atoms with E-state index in [1.54, 1.807) is 19.1 Å². The molecule has 1 amide bonds. The van der Waals surface area contributed by atoms with E-state index in [0.717, 1.165) is 5.56 Å². The number of nitrogens with zero attached hydrogens (tertiary/aromatic N) is 1. The van der Waals surface area contributed by atoms with E-state index >= 15 is 0 Å². The van der Waals surface area contributed by atoms with Crippen molar-refractivity contribution >= 4 is 17.5 Å². The third-order valence-electron chi connectivity index (χ3n) is 2.53. The first-order valence-electron chi connectivity index (χ1n) is 5.84. The van der Waals surface area contributed by atoms with Gasteiger partial charge in [0.1, 0.15) is 5.69 Å². The van der Waals surface area contributed by atoms with Gasteiger partial charge in [-0.15, -0.1) is 0 Å². The number of carbonyl (C=O) groups is 1. The van der Waals surface area contributed by atoms with Crippen LogP contribution >= 0.6 is 11.6 Å². The van der Waals surface area contributed by atoms with Gasteiger partial charge in [0.15, 0.2) is 0 Å². The van der Waals surface area contributed by atoms with E-state index in [0.29, 0.717) is 16.4 Å². The number of hydrogen-bond donors (Lipinski definition) is 3. The summed E-state index contributed by atoms with van der Waals surface area (Å²) in [7, 11) is 0. The second-order valence-corrected chi connectivity index (χ2v) is 4.61. The zero-order chi connectivity index (χ0) is 13.8. The Morgan fingerprint density at radius 3 is 2.95 bits per heavy atom. The largest absolute Gasteiger partial charge is 0.392 e. The number of benzene rings is 1. The number of aliphatic hydroxyl groups is 1. The van der Waals surface area contributed by atoms with Gasteiger partial charge in [0.05, 0.1) is 16.8 Å². The van der Waals surface area contributed by atoms with Crippen LogP contribution in [0.15, 0.2) is 30.3 Å². The maximum absolute atomic E-state index is 11.8. The number of aromatic nitrogens is 2. The molecular weight excluding hydrogens is 266 g/mol. The van der Waals surface area contributed by atoms with E-state index in [1.165, 1.54) is 0 Å². The summed E-state index contributed by atoms with van der Waals surface area (Å²) in [6, 6.07) is 8.89. The first kappa shape index (κ1) is 13.6. The van der Waals surface area contributed by atoms with Crippen molar-refractivity contribution < 1.29 is 9.90 Å². The molecule has 19 heavy (non-hydrogen) atoms. The smallest absolute Gasteiger partial charge is 0.269 e. The fourth-order valence-corrected chi connectivity index (χ4v) is 1.81. The van der Waals surface area contributed by atoms with Gasteiger partial charge < -0.3 is 10.4 Å². The van der Waals surface area contributed by atoms with Gasteiger partial charge in [-0.3, -0.25) is 9.89 Å². The minimum Gasteiger partial charge on any atom is -0.392 e. The molecule has 5 nitrogen and oxygen atoms in total. The number of aromatic amines is 1. The Balaban J connectivity index is 2.15. The Morgan fingerprint density at radius 1 is 1.53 bits per heavy atom. The molecule has 1 heterocycles. The quantitative estimate of drug-likeness (QED) is 0.799. The molecule has 1 unspecified atom stereocenters. The number of aliphatic hydroxyl groups excluding tert-OH is 1. The van der Waals surface area contributed by atoms with Crippen LogP contribution in [-0.4, -0.2) is 33.9 Å². The van der Waals surface area contributed by atoms with Gasteiger partial charge in [-0.25, -0.2) is 0 Å². The van der Waals surface area contributed by atoms with Crippen LogP contribution in [0.4, 0.5) is 0 Å². The minimum atomic E-state index is -0.588. The molecule has 100 valence electrons. The first-order chi connectivity index (χ1) is 9.08. The average Bonchev–Trinajstić information content (AvgIpc) is 2.86. The van der Waals surface area contributed by atoms with E-state index in [4.69, 9.17) is 16.7 Å². The highest BCUT2D eigenvalue weighted by molar-refractivity contribution is 6.33. The van der Waals surface area contributed by atoms with Crippen molar-refractivity contribution in [2.24, 2.45) is 0 Å². The molecule has 0 aliphatic carbocycles. The van der Waals surface area contributed by atoms with Crippen molar-refractivity contribution in [2.75, 3.05) is 6.54 Å². The van der Waals surface area contributed by atoms with Gasteiger partial charge in [-0.05, 0) is 19.1 Å². The summed E-state index contributed by atoms with van der Waals surface area (Å²) in [5.74, 6) is -0.313. The highest BCUT2D eigenvalue weighted by Crippen LogP contribution is 2.26. The molecule has 0 saturated heterocycles. The summed E-state index contributed by atoms with van der Waals surface area (Å²) >= 11 is 6.06. The molecule has 0 radical (unpaired) electrons. The van der Waals surface area contributed by atoms with Gasteiger partial charge in [0.25, 0.3) is 5.91 Å². The number of rotatable bonds is 4. The van der Waals surface area contributed by atoms with Crippen LogP contribution in [0.3, 0.4) is 0 Å². The maximum Gasteiger partial charge on any atom is 0.269 e. The lowest BCUT2D eigenvalue weighted by atomic mass is 10.1. The SMILES string of the molecule is CC(O)CNC(=O)c1cc(-c2ccccc2Cl)n[nH]1. The van der Waals surface area contributed by atoms with Gasteiger partial charge in [0, 0.05) is 12.1 Å². The van der Waals surface area contributed by atoms with Crippen LogP contribution in [0.1, 0.15) is 17.4 Å². The van der Waals surface area contributed by atoms with E-state index < -0.39 is 6.10 Å². The van der Waals surface area contributed by atoms with Crippen molar-refractivity contribution in [2.45, 2.75) is 13.0 Å². The monoisotopic (exact) mass is 279 g/mol. The summed E-state index contributed by atoms with van der Waals surface area (Å²) in [4.78, 5) is 11.8. The Bertz CT molecular complexity index is 581. The molecule has 0 aliphatic rings. The lowest BCUT2D eigenvalue weighted by molar-refractivity contribution is 0.0919. The molecule has 0 spiro atoms. The molecule has 2 rings (SSSR count). The third-order valence-corrected chi connectivity index (χ3v) is 2.86. The summed E-state index contributed by atoms with van der Waals surface area (Å²) in [6.07, 6.45) is -0.588. The number of carbonyl (C=O) groups excluding carboxylic acids is 1. The number of nitrogens with one attached hydrogen (secondary N) is 2. The highest BCUT2D eigenvalue weighted by atomic mass is 35.5. The Hall–Kier alpha value is -1.85. The van der Waals surface area contributed by atoms with E-state index in [-0.39, 0.29) is 12.5 Å². The summed E-state index contributed by atoms with van der Waals surface area (Å²) in [5, 5.41) is 19.0. The van der Waals surface area contributed by atoms with Crippen molar-refractivity contribution in [3.8, 4) is 11.3 Å². The lowest BCUT2D eigenvalue weighted by Crippen LogP contribution is -2.30. The molecule has 0 fully saturated rings. The van der Waals surface area contributed by atoms with Gasteiger partial charge >= 0.3 is 0 Å². The topological polar surface area (TPSA) is 78.0 Å². The predicted octanol–water partition coefficient (Wildman–Crippen LogP) is 1.84. The van der Waals surface area contributed by atoms with Crippen molar-refractivity contribution in [1.29, 1.82) is 0 Å². The molecule has 0 aliphatic heterocycles. The van der Waals surface area contributed by atoms with Crippen molar-refractivity contribution in [3.05, 3.63) is 41.0 Å². The third kappa shape index (κ3) is 3.33. The van der Waals surface area contributed by atoms with Gasteiger partial charge in [-0.1, -0.05) is 29.8 Å². The molecule has 2 aromatic rings. The summed E-state index contributed by atoms with van der Waals surface area (Å²) in [6.45, 7) is 1.79. The molecule has 1 aromatic heterocycles. The first-order valence-corrected chi connectivity index (χ1v) is 6.22. The Morgan fingerprint density at radius 2 is 2.26 bits per heavy atom. The number of amides is 1. The summed E-state index contributed by atoms with van der Waals surface area (Å²) in [5.41, 5.74) is 1.69. The number of hydrogen-bond acceptors (Lipinski definition) is 3. The van der Waals surface area contributed by atoms with Crippen molar-refractivity contribution in [1.82, 2.24) is 15.5 Å². The van der Waals surface area contributed by atoms with Gasteiger partial charge in [0.2, 0.25) is 0 Å². The normalized spacial score (nSPS) is 12.2. The van der Waals surface area contributed by atoms with Crippen LogP contribution in [0.25, 0.3) is 11.3 Å². The molecule has 3 N–H and O–H groups in total. The predicted molar refractivity (Wildman–Crippen MR) is 73.0 cm³/mol. The molecule has 0 saturated carbocycles. The second-order valence-electron chi connectivity index (χ2n) is 4.21. The Labute approximate surface area is 115 Å². The maximum atomic E-state index is 11.8. The lowest BCUT2D eigenvalue weighted by Gasteiger charge is -2.04. The Kier molecular flexibility index (Phi) is 4.19. The fourth-order valence-electron chi connectivity index (χ4n) is 1.58. The molecule has 0 bridgehead atoms. The fraction of sp³-hybridized carbons (Fsp3) is 0.231. The van der Waals surface area contributed by atoms with Crippen LogP contribution in [0.2, 0.25) is 5.02 Å². The minimum absolute atomic E-state index is 0.194. The van der Waals surface area contributed by atoms with Gasteiger partial charge in [-0.2, -0.15) is 5.10 Å².